The van der Waals surface area contributed by atoms with Gasteiger partial charge in [0.1, 0.15) is 5.75 Å². The molecule has 118 valence electrons. The number of nitrogens with one attached hydrogen (secondary N) is 1. The molecular formula is C16H24BrNO3. The summed E-state index contributed by atoms with van der Waals surface area (Å²) in [6.07, 6.45) is 2.49. The minimum absolute atomic E-state index is 0.0359. The van der Waals surface area contributed by atoms with Gasteiger partial charge in [-0.2, -0.15) is 0 Å². The molecule has 0 aliphatic carbocycles. The molecule has 0 aliphatic heterocycles. The van der Waals surface area contributed by atoms with Gasteiger partial charge in [0, 0.05) is 11.0 Å². The van der Waals surface area contributed by atoms with Crippen molar-refractivity contribution < 1.29 is 14.3 Å². The van der Waals surface area contributed by atoms with E-state index in [2.05, 4.69) is 28.2 Å². The quantitative estimate of drug-likeness (QED) is 0.508. The van der Waals surface area contributed by atoms with E-state index in [4.69, 9.17) is 9.47 Å². The molecule has 0 fully saturated rings. The molecule has 1 atom stereocenters. The van der Waals surface area contributed by atoms with Crippen LogP contribution in [0.2, 0.25) is 0 Å². The van der Waals surface area contributed by atoms with Crippen molar-refractivity contribution in [1.29, 1.82) is 0 Å². The second-order valence-corrected chi connectivity index (χ2v) is 5.60. The van der Waals surface area contributed by atoms with E-state index in [1.807, 2.05) is 31.2 Å². The smallest absolute Gasteiger partial charge is 0.226 e. The predicted molar refractivity (Wildman–Crippen MR) is 89.3 cm³/mol. The van der Waals surface area contributed by atoms with E-state index in [1.165, 1.54) is 0 Å². The van der Waals surface area contributed by atoms with Crippen LogP contribution in [0, 0.1) is 0 Å². The van der Waals surface area contributed by atoms with Gasteiger partial charge in [0.2, 0.25) is 5.91 Å². The van der Waals surface area contributed by atoms with Crippen LogP contribution in [0.15, 0.2) is 24.3 Å². The van der Waals surface area contributed by atoms with Gasteiger partial charge < -0.3 is 14.8 Å². The second kappa shape index (κ2) is 10.6. The summed E-state index contributed by atoms with van der Waals surface area (Å²) in [5.41, 5.74) is 0.774. The molecule has 0 aromatic heterocycles. The first kappa shape index (κ1) is 18.0. The second-order valence-electron chi connectivity index (χ2n) is 4.80. The monoisotopic (exact) mass is 357 g/mol. The highest BCUT2D eigenvalue weighted by atomic mass is 79.9. The third-order valence-electron chi connectivity index (χ3n) is 2.99. The van der Waals surface area contributed by atoms with E-state index in [-0.39, 0.29) is 12.0 Å². The minimum atomic E-state index is -0.0359. The molecule has 0 saturated carbocycles. The fourth-order valence-electron chi connectivity index (χ4n) is 1.57. The summed E-state index contributed by atoms with van der Waals surface area (Å²) in [4.78, 5) is 11.8. The van der Waals surface area contributed by atoms with Crippen molar-refractivity contribution in [3.63, 3.8) is 0 Å². The average molecular weight is 358 g/mol. The van der Waals surface area contributed by atoms with Gasteiger partial charge in [-0.25, -0.2) is 0 Å². The Labute approximate surface area is 135 Å². The van der Waals surface area contributed by atoms with E-state index >= 15 is 0 Å². The van der Waals surface area contributed by atoms with Gasteiger partial charge in [-0.3, -0.25) is 4.79 Å². The average Bonchev–Trinajstić information content (AvgIpc) is 2.49. The molecule has 1 aromatic carbocycles. The van der Waals surface area contributed by atoms with Gasteiger partial charge in [0.15, 0.2) is 0 Å². The van der Waals surface area contributed by atoms with Gasteiger partial charge >= 0.3 is 0 Å². The zero-order chi connectivity index (χ0) is 15.5. The number of anilines is 1. The van der Waals surface area contributed by atoms with E-state index in [0.717, 1.165) is 29.6 Å². The summed E-state index contributed by atoms with van der Waals surface area (Å²) in [6, 6.07) is 7.41. The van der Waals surface area contributed by atoms with Gasteiger partial charge in [-0.1, -0.05) is 22.9 Å². The molecule has 21 heavy (non-hydrogen) atoms. The molecule has 1 aromatic rings. The van der Waals surface area contributed by atoms with Crippen molar-refractivity contribution in [2.45, 2.75) is 39.2 Å². The first-order valence-corrected chi connectivity index (χ1v) is 8.48. The maximum Gasteiger partial charge on any atom is 0.226 e. The number of rotatable bonds is 10. The van der Waals surface area contributed by atoms with Crippen molar-refractivity contribution in [2.75, 3.05) is 23.9 Å². The lowest BCUT2D eigenvalue weighted by Crippen LogP contribution is -2.16. The Balaban J connectivity index is 2.29. The van der Waals surface area contributed by atoms with E-state index < -0.39 is 0 Å². The van der Waals surface area contributed by atoms with Gasteiger partial charge in [-0.05, 0) is 44.0 Å². The van der Waals surface area contributed by atoms with E-state index in [1.54, 1.807) is 0 Å². The lowest BCUT2D eigenvalue weighted by molar-refractivity contribution is -0.117. The number of alkyl halides is 1. The molecule has 1 unspecified atom stereocenters. The third kappa shape index (κ3) is 8.07. The standard InChI is InChI=1S/C16H24BrNO3/c1-3-13(2)20-12-9-16(19)18-14-5-7-15(8-6-14)21-11-4-10-17/h5-8,13H,3-4,9-12H2,1-2H3,(H,18,19). The fourth-order valence-corrected chi connectivity index (χ4v) is 1.80. The summed E-state index contributed by atoms with van der Waals surface area (Å²) in [6.45, 7) is 5.21. The lowest BCUT2D eigenvalue weighted by atomic mass is 10.3. The summed E-state index contributed by atoms with van der Waals surface area (Å²) in [5, 5.41) is 3.78. The Hall–Kier alpha value is -1.07. The maximum atomic E-state index is 11.8. The number of benzene rings is 1. The van der Waals surface area contributed by atoms with Gasteiger partial charge in [0.05, 0.1) is 25.7 Å². The highest BCUT2D eigenvalue weighted by molar-refractivity contribution is 9.09. The Morgan fingerprint density at radius 2 is 2.00 bits per heavy atom. The Morgan fingerprint density at radius 1 is 1.29 bits per heavy atom. The molecule has 1 rings (SSSR count). The number of halogens is 1. The molecule has 1 amide bonds. The largest absolute Gasteiger partial charge is 0.494 e. The highest BCUT2D eigenvalue weighted by Gasteiger charge is 2.04. The first-order valence-electron chi connectivity index (χ1n) is 7.36. The lowest BCUT2D eigenvalue weighted by Gasteiger charge is -2.11. The van der Waals surface area contributed by atoms with Crippen LogP contribution in [0.1, 0.15) is 33.1 Å². The number of hydrogen-bond acceptors (Lipinski definition) is 3. The van der Waals surface area contributed by atoms with Crippen molar-refractivity contribution in [3.05, 3.63) is 24.3 Å². The van der Waals surface area contributed by atoms with Crippen molar-refractivity contribution in [2.24, 2.45) is 0 Å². The first-order chi connectivity index (χ1) is 10.2. The molecule has 4 nitrogen and oxygen atoms in total. The fraction of sp³-hybridized carbons (Fsp3) is 0.562. The normalized spacial score (nSPS) is 12.0. The molecule has 0 spiro atoms. The number of amides is 1. The van der Waals surface area contributed by atoms with Crippen LogP contribution >= 0.6 is 15.9 Å². The zero-order valence-electron chi connectivity index (χ0n) is 12.7. The number of carbonyl (C=O) groups excluding carboxylic acids is 1. The van der Waals surface area contributed by atoms with Crippen molar-refractivity contribution in [1.82, 2.24) is 0 Å². The summed E-state index contributed by atoms with van der Waals surface area (Å²) < 4.78 is 11.0. The number of carbonyl (C=O) groups is 1. The Morgan fingerprint density at radius 3 is 2.62 bits per heavy atom. The van der Waals surface area contributed by atoms with Crippen LogP contribution in [0.4, 0.5) is 5.69 Å². The topological polar surface area (TPSA) is 47.6 Å². The molecule has 5 heteroatoms. The Bertz CT molecular complexity index is 408. The molecule has 0 heterocycles. The number of hydrogen-bond donors (Lipinski definition) is 1. The zero-order valence-corrected chi connectivity index (χ0v) is 14.3. The van der Waals surface area contributed by atoms with Crippen LogP contribution in [-0.4, -0.2) is 30.6 Å². The highest BCUT2D eigenvalue weighted by Crippen LogP contribution is 2.16. The summed E-state index contributed by atoms with van der Waals surface area (Å²) >= 11 is 3.36. The molecule has 1 N–H and O–H groups in total. The SMILES string of the molecule is CCC(C)OCCC(=O)Nc1ccc(OCCCBr)cc1. The summed E-state index contributed by atoms with van der Waals surface area (Å²) in [7, 11) is 0. The summed E-state index contributed by atoms with van der Waals surface area (Å²) in [5.74, 6) is 0.778. The van der Waals surface area contributed by atoms with Gasteiger partial charge in [0.25, 0.3) is 0 Å². The van der Waals surface area contributed by atoms with Crippen molar-refractivity contribution >= 4 is 27.5 Å². The van der Waals surface area contributed by atoms with Crippen LogP contribution in [0.5, 0.6) is 5.75 Å². The van der Waals surface area contributed by atoms with Crippen LogP contribution in [0.25, 0.3) is 0 Å². The maximum absolute atomic E-state index is 11.8. The molecule has 0 saturated heterocycles. The van der Waals surface area contributed by atoms with Crippen molar-refractivity contribution in [3.8, 4) is 5.75 Å². The van der Waals surface area contributed by atoms with Crippen LogP contribution < -0.4 is 10.1 Å². The van der Waals surface area contributed by atoms with E-state index in [0.29, 0.717) is 19.6 Å². The number of ether oxygens (including phenoxy) is 2. The van der Waals surface area contributed by atoms with Gasteiger partial charge in [-0.15, -0.1) is 0 Å². The Kier molecular flexibility index (Phi) is 9.10. The van der Waals surface area contributed by atoms with Crippen LogP contribution in [0.3, 0.4) is 0 Å². The predicted octanol–water partition coefficient (Wildman–Crippen LogP) is 3.99. The molecule has 0 aliphatic rings. The minimum Gasteiger partial charge on any atom is -0.494 e. The van der Waals surface area contributed by atoms with Crippen LogP contribution in [-0.2, 0) is 9.53 Å². The third-order valence-corrected chi connectivity index (χ3v) is 3.55. The van der Waals surface area contributed by atoms with E-state index in [9.17, 15) is 4.79 Å². The molecule has 0 bridgehead atoms. The molecular weight excluding hydrogens is 334 g/mol. The molecule has 0 radical (unpaired) electrons.